The molecule has 0 saturated carbocycles. The third-order valence-electron chi connectivity index (χ3n) is 2.36. The van der Waals surface area contributed by atoms with E-state index in [9.17, 15) is 0 Å². The van der Waals surface area contributed by atoms with Crippen LogP contribution in [0.5, 0.6) is 0 Å². The number of hydrogen-bond donors (Lipinski definition) is 2. The van der Waals surface area contributed by atoms with Gasteiger partial charge in [0.05, 0.1) is 22.8 Å². The van der Waals surface area contributed by atoms with Crippen molar-refractivity contribution in [3.8, 4) is 0 Å². The van der Waals surface area contributed by atoms with E-state index in [1.807, 2.05) is 26.0 Å². The van der Waals surface area contributed by atoms with Crippen molar-refractivity contribution in [1.29, 1.82) is 0 Å². The van der Waals surface area contributed by atoms with Crippen LogP contribution < -0.4 is 11.3 Å². The highest BCUT2D eigenvalue weighted by molar-refractivity contribution is 6.42. The van der Waals surface area contributed by atoms with Gasteiger partial charge >= 0.3 is 0 Å². The molecule has 0 spiro atoms. The van der Waals surface area contributed by atoms with Crippen LogP contribution in [0.3, 0.4) is 0 Å². The summed E-state index contributed by atoms with van der Waals surface area (Å²) in [5.41, 5.74) is 3.69. The van der Waals surface area contributed by atoms with Crippen LogP contribution in [0.2, 0.25) is 10.0 Å². The molecule has 0 bridgehead atoms. The van der Waals surface area contributed by atoms with E-state index in [2.05, 4.69) is 5.43 Å². The second-order valence-electron chi connectivity index (χ2n) is 4.16. The smallest absolute Gasteiger partial charge is 0.0639 e. The van der Waals surface area contributed by atoms with Gasteiger partial charge in [-0.05, 0) is 31.9 Å². The molecule has 0 heterocycles. The van der Waals surface area contributed by atoms with Crippen LogP contribution in [-0.2, 0) is 11.2 Å². The zero-order valence-corrected chi connectivity index (χ0v) is 11.6. The summed E-state index contributed by atoms with van der Waals surface area (Å²) in [6.45, 7) is 4.51. The molecular weight excluding hydrogens is 259 g/mol. The Bertz CT molecular complexity index is 358. The van der Waals surface area contributed by atoms with Gasteiger partial charge in [0.25, 0.3) is 0 Å². The largest absolute Gasteiger partial charge is 0.377 e. The van der Waals surface area contributed by atoms with Gasteiger partial charge in [-0.3, -0.25) is 11.3 Å². The molecule has 0 radical (unpaired) electrons. The molecule has 3 N–H and O–H groups in total. The maximum absolute atomic E-state index is 6.12. The Morgan fingerprint density at radius 2 is 2.06 bits per heavy atom. The lowest BCUT2D eigenvalue weighted by molar-refractivity contribution is 0.0613. The first-order valence-corrected chi connectivity index (χ1v) is 6.30. The average molecular weight is 277 g/mol. The number of hydrogen-bond acceptors (Lipinski definition) is 3. The van der Waals surface area contributed by atoms with Gasteiger partial charge in [0, 0.05) is 6.04 Å². The lowest BCUT2D eigenvalue weighted by atomic mass is 10.1. The quantitative estimate of drug-likeness (QED) is 0.621. The van der Waals surface area contributed by atoms with Crippen LogP contribution >= 0.6 is 23.2 Å². The van der Waals surface area contributed by atoms with Crippen molar-refractivity contribution in [2.45, 2.75) is 32.4 Å². The molecule has 5 heteroatoms. The fourth-order valence-corrected chi connectivity index (χ4v) is 1.84. The number of rotatable bonds is 6. The zero-order valence-electron chi connectivity index (χ0n) is 10.0. The Balaban J connectivity index is 2.64. The van der Waals surface area contributed by atoms with Crippen molar-refractivity contribution in [2.24, 2.45) is 5.84 Å². The lowest BCUT2D eigenvalue weighted by Gasteiger charge is -2.18. The molecule has 0 aliphatic carbocycles. The molecule has 0 amide bonds. The molecule has 0 aliphatic rings. The van der Waals surface area contributed by atoms with Crippen LogP contribution in [-0.4, -0.2) is 18.8 Å². The molecule has 1 unspecified atom stereocenters. The molecule has 1 rings (SSSR count). The van der Waals surface area contributed by atoms with Gasteiger partial charge in [-0.25, -0.2) is 0 Å². The van der Waals surface area contributed by atoms with Crippen molar-refractivity contribution in [3.05, 3.63) is 33.8 Å². The van der Waals surface area contributed by atoms with Gasteiger partial charge in [-0.15, -0.1) is 0 Å². The highest BCUT2D eigenvalue weighted by atomic mass is 35.5. The van der Waals surface area contributed by atoms with Crippen LogP contribution in [0.25, 0.3) is 0 Å². The Kier molecular flexibility index (Phi) is 6.23. The third kappa shape index (κ3) is 4.82. The maximum atomic E-state index is 6.12. The van der Waals surface area contributed by atoms with E-state index in [1.54, 1.807) is 6.07 Å². The minimum Gasteiger partial charge on any atom is -0.377 e. The normalized spacial score (nSPS) is 13.1. The monoisotopic (exact) mass is 276 g/mol. The number of ether oxygens (including phenoxy) is 1. The standard InChI is InChI=1S/C12H18Cl2N2O/c1-8(2)17-7-10(16-15)6-9-4-3-5-11(13)12(9)14/h3-5,8,10,16H,6-7,15H2,1-2H3. The molecule has 17 heavy (non-hydrogen) atoms. The predicted octanol–water partition coefficient (Wildman–Crippen LogP) is 2.79. The maximum Gasteiger partial charge on any atom is 0.0639 e. The zero-order chi connectivity index (χ0) is 12.8. The van der Waals surface area contributed by atoms with Crippen molar-refractivity contribution in [3.63, 3.8) is 0 Å². The first kappa shape index (κ1) is 14.7. The Labute approximate surface area is 112 Å². The predicted molar refractivity (Wildman–Crippen MR) is 72.4 cm³/mol. The van der Waals surface area contributed by atoms with E-state index in [-0.39, 0.29) is 12.1 Å². The number of benzene rings is 1. The first-order valence-electron chi connectivity index (χ1n) is 5.55. The summed E-state index contributed by atoms with van der Waals surface area (Å²) in [7, 11) is 0. The molecular formula is C12H18Cl2N2O. The summed E-state index contributed by atoms with van der Waals surface area (Å²) < 4.78 is 5.52. The molecule has 0 aliphatic heterocycles. The minimum atomic E-state index is 0.0216. The fourth-order valence-electron chi connectivity index (χ4n) is 1.45. The van der Waals surface area contributed by atoms with E-state index in [1.165, 1.54) is 0 Å². The van der Waals surface area contributed by atoms with Crippen molar-refractivity contribution in [2.75, 3.05) is 6.61 Å². The second kappa shape index (κ2) is 7.19. The van der Waals surface area contributed by atoms with Crippen LogP contribution in [0.4, 0.5) is 0 Å². The van der Waals surface area contributed by atoms with Gasteiger partial charge < -0.3 is 4.74 Å². The summed E-state index contributed by atoms with van der Waals surface area (Å²) in [6.07, 6.45) is 0.864. The molecule has 3 nitrogen and oxygen atoms in total. The summed E-state index contributed by atoms with van der Waals surface area (Å²) in [6, 6.07) is 5.60. The van der Waals surface area contributed by atoms with E-state index >= 15 is 0 Å². The molecule has 0 aromatic heterocycles. The van der Waals surface area contributed by atoms with Crippen LogP contribution in [0.15, 0.2) is 18.2 Å². The SMILES string of the molecule is CC(C)OCC(Cc1cccc(Cl)c1Cl)NN. The Morgan fingerprint density at radius 1 is 1.35 bits per heavy atom. The summed E-state index contributed by atoms with van der Waals surface area (Å²) in [5.74, 6) is 5.49. The van der Waals surface area contributed by atoms with E-state index in [0.717, 1.165) is 5.56 Å². The Hall–Kier alpha value is -0.320. The highest BCUT2D eigenvalue weighted by Gasteiger charge is 2.12. The van der Waals surface area contributed by atoms with Gasteiger partial charge in [0.15, 0.2) is 0 Å². The number of nitrogens with one attached hydrogen (secondary N) is 1. The first-order chi connectivity index (χ1) is 8.04. The number of nitrogens with two attached hydrogens (primary N) is 1. The van der Waals surface area contributed by atoms with E-state index in [4.69, 9.17) is 33.8 Å². The minimum absolute atomic E-state index is 0.0216. The molecule has 0 saturated heterocycles. The average Bonchev–Trinajstić information content (AvgIpc) is 2.29. The topological polar surface area (TPSA) is 47.3 Å². The molecule has 0 fully saturated rings. The fraction of sp³-hybridized carbons (Fsp3) is 0.500. The number of halogens is 2. The van der Waals surface area contributed by atoms with Crippen LogP contribution in [0.1, 0.15) is 19.4 Å². The summed E-state index contributed by atoms with van der Waals surface area (Å²) in [4.78, 5) is 0. The second-order valence-corrected chi connectivity index (χ2v) is 4.95. The molecule has 96 valence electrons. The summed E-state index contributed by atoms with van der Waals surface area (Å²) >= 11 is 12.1. The van der Waals surface area contributed by atoms with Crippen molar-refractivity contribution >= 4 is 23.2 Å². The van der Waals surface area contributed by atoms with E-state index < -0.39 is 0 Å². The third-order valence-corrected chi connectivity index (χ3v) is 3.22. The van der Waals surface area contributed by atoms with Crippen molar-refractivity contribution in [1.82, 2.24) is 5.43 Å². The van der Waals surface area contributed by atoms with E-state index in [0.29, 0.717) is 23.1 Å². The van der Waals surface area contributed by atoms with Gasteiger partial charge in [0.1, 0.15) is 0 Å². The van der Waals surface area contributed by atoms with Crippen LogP contribution in [0, 0.1) is 0 Å². The number of hydrazine groups is 1. The Morgan fingerprint density at radius 3 is 2.65 bits per heavy atom. The summed E-state index contributed by atoms with van der Waals surface area (Å²) in [5, 5.41) is 1.14. The highest BCUT2D eigenvalue weighted by Crippen LogP contribution is 2.26. The molecule has 1 atom stereocenters. The van der Waals surface area contributed by atoms with Crippen molar-refractivity contribution < 1.29 is 4.74 Å². The van der Waals surface area contributed by atoms with Gasteiger partial charge in [0.2, 0.25) is 0 Å². The lowest BCUT2D eigenvalue weighted by Crippen LogP contribution is -2.41. The molecule has 1 aromatic rings. The van der Waals surface area contributed by atoms with Gasteiger partial charge in [-0.1, -0.05) is 35.3 Å². The molecule has 1 aromatic carbocycles. The van der Waals surface area contributed by atoms with Gasteiger partial charge in [-0.2, -0.15) is 0 Å².